The molecule has 1 heterocycles. The van der Waals surface area contributed by atoms with Crippen LogP contribution in [0.15, 0.2) is 34.8 Å². The first-order valence-electron chi connectivity index (χ1n) is 6.14. The molecule has 0 unspecified atom stereocenters. The van der Waals surface area contributed by atoms with Crippen LogP contribution in [0.5, 0.6) is 0 Å². The molecule has 2 aromatic rings. The van der Waals surface area contributed by atoms with Crippen LogP contribution in [0, 0.1) is 0 Å². The van der Waals surface area contributed by atoms with Gasteiger partial charge in [0.25, 0.3) is 0 Å². The van der Waals surface area contributed by atoms with Crippen molar-refractivity contribution in [1.29, 1.82) is 0 Å². The monoisotopic (exact) mass is 303 g/mol. The first-order valence-corrected chi connectivity index (χ1v) is 6.93. The first-order chi connectivity index (χ1) is 8.75. The van der Waals surface area contributed by atoms with Gasteiger partial charge in [-0.25, -0.2) is 9.97 Å². The van der Waals surface area contributed by atoms with Gasteiger partial charge in [0, 0.05) is 11.5 Å². The normalized spacial score (nSPS) is 15.4. The summed E-state index contributed by atoms with van der Waals surface area (Å²) in [4.78, 5) is 9.09. The molecule has 1 aromatic carbocycles. The van der Waals surface area contributed by atoms with Gasteiger partial charge in [0.1, 0.15) is 11.6 Å². The summed E-state index contributed by atoms with van der Waals surface area (Å²) in [5.74, 6) is 1.91. The van der Waals surface area contributed by atoms with Crippen molar-refractivity contribution >= 4 is 21.7 Å². The third-order valence-electron chi connectivity index (χ3n) is 3.41. The second-order valence-electron chi connectivity index (χ2n) is 4.62. The summed E-state index contributed by atoms with van der Waals surface area (Å²) in [6.07, 6.45) is 3.62. The number of nitrogen functional groups attached to an aromatic ring is 1. The van der Waals surface area contributed by atoms with Gasteiger partial charge in [-0.3, -0.25) is 0 Å². The predicted octanol–water partition coefficient (Wildman–Crippen LogP) is 3.76. The van der Waals surface area contributed by atoms with Crippen molar-refractivity contribution in [3.05, 3.63) is 40.6 Å². The molecule has 92 valence electrons. The average Bonchev–Trinajstić information content (AvgIpc) is 2.32. The number of rotatable bonds is 2. The zero-order valence-corrected chi connectivity index (χ0v) is 11.5. The van der Waals surface area contributed by atoms with Gasteiger partial charge < -0.3 is 5.73 Å². The number of anilines is 1. The fourth-order valence-electron chi connectivity index (χ4n) is 2.12. The van der Waals surface area contributed by atoms with Crippen molar-refractivity contribution in [3.63, 3.8) is 0 Å². The van der Waals surface area contributed by atoms with Crippen LogP contribution in [0.25, 0.3) is 11.3 Å². The Labute approximate surface area is 115 Å². The highest BCUT2D eigenvalue weighted by molar-refractivity contribution is 9.10. The zero-order chi connectivity index (χ0) is 12.5. The van der Waals surface area contributed by atoms with Gasteiger partial charge in [-0.15, -0.1) is 0 Å². The molecular weight excluding hydrogens is 290 g/mol. The third kappa shape index (κ3) is 2.01. The molecule has 1 fully saturated rings. The van der Waals surface area contributed by atoms with E-state index in [-0.39, 0.29) is 0 Å². The van der Waals surface area contributed by atoms with E-state index in [0.29, 0.717) is 11.7 Å². The van der Waals surface area contributed by atoms with E-state index >= 15 is 0 Å². The Balaban J connectivity index is 2.10. The molecule has 0 atom stereocenters. The SMILES string of the molecule is Nc1nc(C2CCC2)nc(-c2ccccc2)c1Br. The second-order valence-corrected chi connectivity index (χ2v) is 5.42. The molecule has 1 aromatic heterocycles. The minimum atomic E-state index is 0.489. The maximum absolute atomic E-state index is 5.98. The lowest BCUT2D eigenvalue weighted by Crippen LogP contribution is -2.14. The molecule has 4 heteroatoms. The lowest BCUT2D eigenvalue weighted by Gasteiger charge is -2.24. The number of nitrogens with two attached hydrogens (primary N) is 1. The van der Waals surface area contributed by atoms with Gasteiger partial charge in [-0.05, 0) is 28.8 Å². The summed E-state index contributed by atoms with van der Waals surface area (Å²) in [7, 11) is 0. The van der Waals surface area contributed by atoms with Crippen molar-refractivity contribution in [1.82, 2.24) is 9.97 Å². The summed E-state index contributed by atoms with van der Waals surface area (Å²) in [5.41, 5.74) is 7.94. The van der Waals surface area contributed by atoms with E-state index in [4.69, 9.17) is 5.73 Å². The highest BCUT2D eigenvalue weighted by Gasteiger charge is 2.24. The number of benzene rings is 1. The lowest BCUT2D eigenvalue weighted by atomic mass is 9.85. The smallest absolute Gasteiger partial charge is 0.142 e. The number of nitrogens with zero attached hydrogens (tertiary/aromatic N) is 2. The number of hydrogen-bond donors (Lipinski definition) is 1. The van der Waals surface area contributed by atoms with Crippen molar-refractivity contribution < 1.29 is 0 Å². The molecule has 18 heavy (non-hydrogen) atoms. The topological polar surface area (TPSA) is 51.8 Å². The average molecular weight is 304 g/mol. The second kappa shape index (κ2) is 4.69. The summed E-state index contributed by atoms with van der Waals surface area (Å²) < 4.78 is 0.789. The molecule has 0 spiro atoms. The van der Waals surface area contributed by atoms with Gasteiger partial charge in [0.05, 0.1) is 10.2 Å². The zero-order valence-electron chi connectivity index (χ0n) is 9.94. The van der Waals surface area contributed by atoms with Crippen molar-refractivity contribution in [2.45, 2.75) is 25.2 Å². The van der Waals surface area contributed by atoms with E-state index in [9.17, 15) is 0 Å². The Kier molecular flexibility index (Phi) is 3.04. The first kappa shape index (κ1) is 11.7. The quantitative estimate of drug-likeness (QED) is 0.919. The van der Waals surface area contributed by atoms with Crippen LogP contribution in [-0.2, 0) is 0 Å². The van der Waals surface area contributed by atoms with Crippen LogP contribution < -0.4 is 5.73 Å². The predicted molar refractivity (Wildman–Crippen MR) is 76.2 cm³/mol. The Bertz CT molecular complexity index is 565. The summed E-state index contributed by atoms with van der Waals surface area (Å²) >= 11 is 3.49. The Hall–Kier alpha value is -1.42. The summed E-state index contributed by atoms with van der Waals surface area (Å²) in [6.45, 7) is 0. The largest absolute Gasteiger partial charge is 0.383 e. The van der Waals surface area contributed by atoms with Crippen LogP contribution in [0.1, 0.15) is 31.0 Å². The van der Waals surface area contributed by atoms with Gasteiger partial charge >= 0.3 is 0 Å². The molecule has 0 radical (unpaired) electrons. The van der Waals surface area contributed by atoms with Crippen LogP contribution in [0.4, 0.5) is 5.82 Å². The van der Waals surface area contributed by atoms with E-state index in [1.165, 1.54) is 19.3 Å². The Morgan fingerprint density at radius 3 is 2.44 bits per heavy atom. The van der Waals surface area contributed by atoms with Crippen LogP contribution in [-0.4, -0.2) is 9.97 Å². The maximum Gasteiger partial charge on any atom is 0.142 e. The Morgan fingerprint density at radius 1 is 1.11 bits per heavy atom. The third-order valence-corrected chi connectivity index (χ3v) is 4.19. The molecule has 0 aliphatic heterocycles. The highest BCUT2D eigenvalue weighted by atomic mass is 79.9. The van der Waals surface area contributed by atoms with Gasteiger partial charge in [0.2, 0.25) is 0 Å². The number of hydrogen-bond acceptors (Lipinski definition) is 3. The van der Waals surface area contributed by atoms with Crippen LogP contribution in [0.3, 0.4) is 0 Å². The summed E-state index contributed by atoms with van der Waals surface area (Å²) in [5, 5.41) is 0. The van der Waals surface area contributed by atoms with Gasteiger partial charge in [-0.1, -0.05) is 36.8 Å². The fourth-order valence-corrected chi connectivity index (χ4v) is 2.52. The minimum absolute atomic E-state index is 0.489. The molecular formula is C14H14BrN3. The molecule has 1 aliphatic carbocycles. The van der Waals surface area contributed by atoms with E-state index in [1.807, 2.05) is 30.3 Å². The fraction of sp³-hybridized carbons (Fsp3) is 0.286. The Morgan fingerprint density at radius 2 is 1.83 bits per heavy atom. The molecule has 1 saturated carbocycles. The van der Waals surface area contributed by atoms with E-state index < -0.39 is 0 Å². The van der Waals surface area contributed by atoms with Crippen LogP contribution in [0.2, 0.25) is 0 Å². The molecule has 1 aliphatic rings. The molecule has 0 saturated heterocycles. The molecule has 0 amide bonds. The highest BCUT2D eigenvalue weighted by Crippen LogP contribution is 2.38. The molecule has 3 nitrogen and oxygen atoms in total. The molecule has 2 N–H and O–H groups in total. The minimum Gasteiger partial charge on any atom is -0.383 e. The van der Waals surface area contributed by atoms with Crippen molar-refractivity contribution in [2.75, 3.05) is 5.73 Å². The van der Waals surface area contributed by atoms with E-state index in [2.05, 4.69) is 25.9 Å². The van der Waals surface area contributed by atoms with Crippen molar-refractivity contribution in [3.8, 4) is 11.3 Å². The van der Waals surface area contributed by atoms with Gasteiger partial charge in [0.15, 0.2) is 0 Å². The van der Waals surface area contributed by atoms with E-state index in [1.54, 1.807) is 0 Å². The molecule has 0 bridgehead atoms. The standard InChI is InChI=1S/C14H14BrN3/c15-11-12(9-5-2-1-3-6-9)17-14(18-13(11)16)10-7-4-8-10/h1-3,5-6,10H,4,7-8H2,(H2,16,17,18). The van der Waals surface area contributed by atoms with Crippen LogP contribution >= 0.6 is 15.9 Å². The molecule has 3 rings (SSSR count). The maximum atomic E-state index is 5.98. The summed E-state index contributed by atoms with van der Waals surface area (Å²) in [6, 6.07) is 10.1. The number of aromatic nitrogens is 2. The van der Waals surface area contributed by atoms with Crippen molar-refractivity contribution in [2.24, 2.45) is 0 Å². The number of halogens is 1. The van der Waals surface area contributed by atoms with E-state index in [0.717, 1.165) is 21.6 Å². The van der Waals surface area contributed by atoms with Gasteiger partial charge in [-0.2, -0.15) is 0 Å². The lowest BCUT2D eigenvalue weighted by molar-refractivity contribution is 0.402.